The Labute approximate surface area is 87.5 Å². The van der Waals surface area contributed by atoms with Crippen molar-refractivity contribution in [3.8, 4) is 0 Å². The summed E-state index contributed by atoms with van der Waals surface area (Å²) < 4.78 is 0. The van der Waals surface area contributed by atoms with E-state index in [-0.39, 0.29) is 5.91 Å². The minimum atomic E-state index is -0.0913. The lowest BCUT2D eigenvalue weighted by molar-refractivity contribution is 0.0949. The van der Waals surface area contributed by atoms with E-state index in [0.29, 0.717) is 18.8 Å². The molecule has 1 heterocycles. The van der Waals surface area contributed by atoms with Crippen molar-refractivity contribution in [3.63, 3.8) is 0 Å². The molecular formula is C9H15N3OS. The Morgan fingerprint density at radius 2 is 2.50 bits per heavy atom. The highest BCUT2D eigenvalue weighted by Crippen LogP contribution is 2.09. The summed E-state index contributed by atoms with van der Waals surface area (Å²) in [5, 5.41) is 5.48. The zero-order valence-corrected chi connectivity index (χ0v) is 9.06. The first kappa shape index (κ1) is 11.1. The lowest BCUT2D eigenvalue weighted by atomic mass is 10.4. The molecule has 78 valence electrons. The third-order valence-electron chi connectivity index (χ3n) is 1.68. The average Bonchev–Trinajstić information content (AvgIpc) is 2.63. The summed E-state index contributed by atoms with van der Waals surface area (Å²) in [7, 11) is 0. The second-order valence-corrected chi connectivity index (χ2v) is 3.86. The molecule has 1 rings (SSSR count). The molecule has 3 N–H and O–H groups in total. The van der Waals surface area contributed by atoms with Crippen LogP contribution in [0.2, 0.25) is 0 Å². The third-order valence-corrected chi connectivity index (χ3v) is 2.59. The van der Waals surface area contributed by atoms with Crippen LogP contribution in [0.4, 0.5) is 0 Å². The number of nitrogens with zero attached hydrogens (tertiary/aromatic N) is 1. The lowest BCUT2D eigenvalue weighted by Crippen LogP contribution is -2.24. The maximum absolute atomic E-state index is 11.4. The second-order valence-electron chi connectivity index (χ2n) is 2.92. The molecule has 0 radical (unpaired) electrons. The summed E-state index contributed by atoms with van der Waals surface area (Å²) in [6.45, 7) is 3.29. The van der Waals surface area contributed by atoms with Crippen LogP contribution in [0.15, 0.2) is 5.38 Å². The normalized spacial score (nSPS) is 10.1. The summed E-state index contributed by atoms with van der Waals surface area (Å²) in [5.41, 5.74) is 5.90. The Hall–Kier alpha value is -0.940. The van der Waals surface area contributed by atoms with E-state index in [1.807, 2.05) is 6.92 Å². The number of carbonyl (C=O) groups excluding carboxylic acids is 1. The first-order valence-electron chi connectivity index (χ1n) is 4.70. The Kier molecular flexibility index (Phi) is 4.55. The fraction of sp³-hybridized carbons (Fsp3) is 0.556. The van der Waals surface area contributed by atoms with Crippen LogP contribution in [-0.2, 0) is 6.42 Å². The van der Waals surface area contributed by atoms with Crippen LogP contribution in [-0.4, -0.2) is 24.0 Å². The number of hydrogen-bond acceptors (Lipinski definition) is 4. The van der Waals surface area contributed by atoms with Gasteiger partial charge in [0.2, 0.25) is 0 Å². The molecule has 0 bridgehead atoms. The van der Waals surface area contributed by atoms with E-state index < -0.39 is 0 Å². The Morgan fingerprint density at radius 3 is 3.14 bits per heavy atom. The maximum Gasteiger partial charge on any atom is 0.270 e. The Morgan fingerprint density at radius 1 is 1.71 bits per heavy atom. The number of amides is 1. The zero-order chi connectivity index (χ0) is 10.4. The van der Waals surface area contributed by atoms with Gasteiger partial charge >= 0.3 is 0 Å². The largest absolute Gasteiger partial charge is 0.351 e. The predicted molar refractivity (Wildman–Crippen MR) is 57.5 cm³/mol. The van der Waals surface area contributed by atoms with Crippen molar-refractivity contribution in [3.05, 3.63) is 16.1 Å². The van der Waals surface area contributed by atoms with Crippen molar-refractivity contribution in [2.24, 2.45) is 5.73 Å². The minimum absolute atomic E-state index is 0.0913. The van der Waals surface area contributed by atoms with Gasteiger partial charge in [0.1, 0.15) is 5.69 Å². The zero-order valence-electron chi connectivity index (χ0n) is 8.25. The molecule has 1 aromatic rings. The quantitative estimate of drug-likeness (QED) is 0.759. The van der Waals surface area contributed by atoms with Crippen molar-refractivity contribution in [2.45, 2.75) is 19.8 Å². The molecule has 0 fully saturated rings. The number of nitrogens with two attached hydrogens (primary N) is 1. The Bertz CT molecular complexity index is 298. The minimum Gasteiger partial charge on any atom is -0.351 e. The lowest BCUT2D eigenvalue weighted by Gasteiger charge is -1.98. The molecule has 0 aliphatic rings. The van der Waals surface area contributed by atoms with Crippen molar-refractivity contribution in [1.29, 1.82) is 0 Å². The first-order valence-corrected chi connectivity index (χ1v) is 5.58. The summed E-state index contributed by atoms with van der Waals surface area (Å²) in [6, 6.07) is 0. The van der Waals surface area contributed by atoms with Gasteiger partial charge in [-0.25, -0.2) is 4.98 Å². The van der Waals surface area contributed by atoms with E-state index >= 15 is 0 Å². The van der Waals surface area contributed by atoms with Gasteiger partial charge in [-0.2, -0.15) is 0 Å². The number of hydrogen-bond donors (Lipinski definition) is 2. The molecule has 0 saturated heterocycles. The van der Waals surface area contributed by atoms with Gasteiger partial charge < -0.3 is 11.1 Å². The van der Waals surface area contributed by atoms with E-state index in [1.165, 1.54) is 11.3 Å². The van der Waals surface area contributed by atoms with Gasteiger partial charge in [0, 0.05) is 18.3 Å². The fourth-order valence-electron chi connectivity index (χ4n) is 0.983. The molecule has 4 nitrogen and oxygen atoms in total. The topological polar surface area (TPSA) is 68.0 Å². The van der Waals surface area contributed by atoms with E-state index in [4.69, 9.17) is 5.73 Å². The molecule has 0 atom stereocenters. The summed E-state index contributed by atoms with van der Waals surface area (Å²) >= 11 is 1.48. The smallest absolute Gasteiger partial charge is 0.270 e. The molecule has 1 amide bonds. The molecular weight excluding hydrogens is 198 g/mol. The summed E-state index contributed by atoms with van der Waals surface area (Å²) in [6.07, 6.45) is 1.68. The molecule has 0 aliphatic heterocycles. The molecule has 0 unspecified atom stereocenters. The van der Waals surface area contributed by atoms with Gasteiger partial charge in [-0.3, -0.25) is 4.79 Å². The second kappa shape index (κ2) is 5.72. The predicted octanol–water partition coefficient (Wildman–Crippen LogP) is 0.784. The van der Waals surface area contributed by atoms with Gasteiger partial charge in [0.25, 0.3) is 5.91 Å². The highest BCUT2D eigenvalue weighted by atomic mass is 32.1. The van der Waals surface area contributed by atoms with Gasteiger partial charge in [-0.05, 0) is 13.0 Å². The van der Waals surface area contributed by atoms with E-state index in [1.54, 1.807) is 5.38 Å². The van der Waals surface area contributed by atoms with E-state index in [0.717, 1.165) is 17.8 Å². The average molecular weight is 213 g/mol. The number of thiazole rings is 1. The van der Waals surface area contributed by atoms with E-state index in [9.17, 15) is 4.79 Å². The van der Waals surface area contributed by atoms with Crippen LogP contribution in [0, 0.1) is 0 Å². The van der Waals surface area contributed by atoms with Gasteiger partial charge in [-0.1, -0.05) is 6.92 Å². The van der Waals surface area contributed by atoms with Crippen LogP contribution < -0.4 is 11.1 Å². The molecule has 0 saturated carbocycles. The van der Waals surface area contributed by atoms with Crippen molar-refractivity contribution in [1.82, 2.24) is 10.3 Å². The SMILES string of the molecule is CCCNC(=O)c1csc(CCN)n1. The van der Waals surface area contributed by atoms with Crippen LogP contribution in [0.25, 0.3) is 0 Å². The van der Waals surface area contributed by atoms with Crippen LogP contribution >= 0.6 is 11.3 Å². The number of aromatic nitrogens is 1. The van der Waals surface area contributed by atoms with Crippen molar-refractivity contribution >= 4 is 17.2 Å². The fourth-order valence-corrected chi connectivity index (χ4v) is 1.78. The number of rotatable bonds is 5. The molecule has 0 aliphatic carbocycles. The highest BCUT2D eigenvalue weighted by molar-refractivity contribution is 7.09. The van der Waals surface area contributed by atoms with Crippen LogP contribution in [0.3, 0.4) is 0 Å². The molecule has 0 aromatic carbocycles. The summed E-state index contributed by atoms with van der Waals surface area (Å²) in [4.78, 5) is 15.6. The van der Waals surface area contributed by atoms with E-state index in [2.05, 4.69) is 10.3 Å². The maximum atomic E-state index is 11.4. The van der Waals surface area contributed by atoms with Gasteiger partial charge in [0.05, 0.1) is 5.01 Å². The first-order chi connectivity index (χ1) is 6.77. The molecule has 5 heteroatoms. The molecule has 14 heavy (non-hydrogen) atoms. The standard InChI is InChI=1S/C9H15N3OS/c1-2-5-11-9(13)7-6-14-8(12-7)3-4-10/h6H,2-5,10H2,1H3,(H,11,13). The van der Waals surface area contributed by atoms with Crippen LogP contribution in [0.5, 0.6) is 0 Å². The molecule has 0 spiro atoms. The molecule has 1 aromatic heterocycles. The monoisotopic (exact) mass is 213 g/mol. The third kappa shape index (κ3) is 3.08. The van der Waals surface area contributed by atoms with Crippen molar-refractivity contribution in [2.75, 3.05) is 13.1 Å². The Balaban J connectivity index is 2.53. The van der Waals surface area contributed by atoms with Crippen LogP contribution in [0.1, 0.15) is 28.8 Å². The highest BCUT2D eigenvalue weighted by Gasteiger charge is 2.08. The van der Waals surface area contributed by atoms with Gasteiger partial charge in [0.15, 0.2) is 0 Å². The number of carbonyl (C=O) groups is 1. The summed E-state index contributed by atoms with van der Waals surface area (Å²) in [5.74, 6) is -0.0913. The number of nitrogens with one attached hydrogen (secondary N) is 1. The van der Waals surface area contributed by atoms with Gasteiger partial charge in [-0.15, -0.1) is 11.3 Å². The van der Waals surface area contributed by atoms with Crippen molar-refractivity contribution < 1.29 is 4.79 Å².